The summed E-state index contributed by atoms with van der Waals surface area (Å²) in [6.45, 7) is 0.867. The molecule has 2 aromatic carbocycles. The highest BCUT2D eigenvalue weighted by molar-refractivity contribution is 7.16. The summed E-state index contributed by atoms with van der Waals surface area (Å²) in [6.07, 6.45) is 2.99. The quantitative estimate of drug-likeness (QED) is 0.300. The van der Waals surface area contributed by atoms with Crippen LogP contribution in [0.3, 0.4) is 0 Å². The maximum atomic E-state index is 12.5. The van der Waals surface area contributed by atoms with E-state index in [1.807, 2.05) is 4.57 Å². The summed E-state index contributed by atoms with van der Waals surface area (Å²) in [5, 5.41) is 11.1. The molecule has 0 saturated heterocycles. The second kappa shape index (κ2) is 10.0. The van der Waals surface area contributed by atoms with E-state index in [9.17, 15) is 14.9 Å². The highest BCUT2D eigenvalue weighted by atomic mass is 32.1. The lowest BCUT2D eigenvalue weighted by atomic mass is 10.2. The van der Waals surface area contributed by atoms with Crippen molar-refractivity contribution in [2.45, 2.75) is 6.54 Å². The van der Waals surface area contributed by atoms with Crippen molar-refractivity contribution in [2.24, 2.45) is 4.99 Å². The molecule has 0 radical (unpaired) electrons. The Bertz CT molecular complexity index is 1210. The lowest BCUT2D eigenvalue weighted by Gasteiger charge is -2.07. The summed E-state index contributed by atoms with van der Waals surface area (Å²) in [5.41, 5.74) is 1.49. The third-order valence-corrected chi connectivity index (χ3v) is 5.47. The molecule has 0 aliphatic rings. The number of thiazole rings is 1. The molecule has 0 saturated carbocycles. The van der Waals surface area contributed by atoms with Gasteiger partial charge in [-0.15, -0.1) is 0 Å². The van der Waals surface area contributed by atoms with Crippen molar-refractivity contribution in [3.63, 3.8) is 0 Å². The van der Waals surface area contributed by atoms with Gasteiger partial charge < -0.3 is 18.8 Å². The SMILES string of the molecule is COCCn1c(=NC(=O)C=Cc2ccc(OC)c(OC)c2)sc2cc([N+](=O)[O-])ccc21. The van der Waals surface area contributed by atoms with Gasteiger partial charge >= 0.3 is 0 Å². The molecule has 1 amide bonds. The number of benzene rings is 2. The van der Waals surface area contributed by atoms with Gasteiger partial charge in [-0.1, -0.05) is 17.4 Å². The Labute approximate surface area is 182 Å². The molecule has 0 fully saturated rings. The minimum absolute atomic E-state index is 0.0149. The molecule has 31 heavy (non-hydrogen) atoms. The van der Waals surface area contributed by atoms with Crippen LogP contribution in [0.15, 0.2) is 47.5 Å². The van der Waals surface area contributed by atoms with Crippen LogP contribution in [-0.4, -0.2) is 43.3 Å². The van der Waals surface area contributed by atoms with Crippen LogP contribution in [0.2, 0.25) is 0 Å². The largest absolute Gasteiger partial charge is 0.493 e. The lowest BCUT2D eigenvalue weighted by Crippen LogP contribution is -2.18. The first-order chi connectivity index (χ1) is 15.0. The fraction of sp³-hybridized carbons (Fsp3) is 0.238. The third-order valence-electron chi connectivity index (χ3n) is 4.43. The first-order valence-electron chi connectivity index (χ1n) is 9.22. The molecule has 0 bridgehead atoms. The topological polar surface area (TPSA) is 105 Å². The Morgan fingerprint density at radius 1 is 1.16 bits per heavy atom. The minimum Gasteiger partial charge on any atom is -0.493 e. The van der Waals surface area contributed by atoms with Crippen molar-refractivity contribution in [3.8, 4) is 11.5 Å². The smallest absolute Gasteiger partial charge is 0.272 e. The summed E-state index contributed by atoms with van der Waals surface area (Å²) < 4.78 is 18.1. The summed E-state index contributed by atoms with van der Waals surface area (Å²) >= 11 is 1.21. The second-order valence-corrected chi connectivity index (χ2v) is 7.35. The van der Waals surface area contributed by atoms with Gasteiger partial charge in [0.2, 0.25) is 0 Å². The number of ether oxygens (including phenoxy) is 3. The Morgan fingerprint density at radius 2 is 1.94 bits per heavy atom. The molecular formula is C21H21N3O6S. The predicted molar refractivity (Wildman–Crippen MR) is 117 cm³/mol. The summed E-state index contributed by atoms with van der Waals surface area (Å²) in [7, 11) is 4.67. The highest BCUT2D eigenvalue weighted by Crippen LogP contribution is 2.28. The number of fused-ring (bicyclic) bond motifs is 1. The van der Waals surface area contributed by atoms with Crippen molar-refractivity contribution in [3.05, 3.63) is 63.0 Å². The Kier molecular flexibility index (Phi) is 7.16. The fourth-order valence-corrected chi connectivity index (χ4v) is 4.01. The zero-order valence-electron chi connectivity index (χ0n) is 17.2. The molecule has 3 rings (SSSR count). The van der Waals surface area contributed by atoms with Crippen LogP contribution in [-0.2, 0) is 16.1 Å². The van der Waals surface area contributed by atoms with Gasteiger partial charge in [-0.2, -0.15) is 4.99 Å². The standard InChI is InChI=1S/C21H21N3O6S/c1-28-11-10-23-16-7-6-15(24(26)27)13-19(16)31-21(23)22-20(25)9-5-14-4-8-17(29-2)18(12-14)30-3/h4-9,12-13H,10-11H2,1-3H3. The zero-order valence-corrected chi connectivity index (χ0v) is 18.0. The number of rotatable bonds is 8. The molecule has 0 N–H and O–H groups in total. The van der Waals surface area contributed by atoms with Gasteiger partial charge in [-0.3, -0.25) is 14.9 Å². The average molecular weight is 443 g/mol. The van der Waals surface area contributed by atoms with Crippen molar-refractivity contribution in [1.29, 1.82) is 0 Å². The summed E-state index contributed by atoms with van der Waals surface area (Å²) in [5.74, 6) is 0.689. The van der Waals surface area contributed by atoms with Crippen LogP contribution in [0.1, 0.15) is 5.56 Å². The molecule has 0 atom stereocenters. The number of hydrogen-bond acceptors (Lipinski definition) is 7. The van der Waals surface area contributed by atoms with Gasteiger partial charge in [-0.25, -0.2) is 0 Å². The molecule has 0 unspecified atom stereocenters. The fourth-order valence-electron chi connectivity index (χ4n) is 2.91. The summed E-state index contributed by atoms with van der Waals surface area (Å²) in [6, 6.07) is 9.86. The number of carbonyl (C=O) groups is 1. The zero-order chi connectivity index (χ0) is 22.4. The maximum absolute atomic E-state index is 12.5. The highest BCUT2D eigenvalue weighted by Gasteiger charge is 2.12. The number of non-ortho nitro benzene ring substituents is 1. The number of nitro groups is 1. The Balaban J connectivity index is 1.95. The third kappa shape index (κ3) is 5.16. The molecule has 0 spiro atoms. The van der Waals surface area contributed by atoms with Crippen molar-refractivity contribution in [2.75, 3.05) is 27.9 Å². The van der Waals surface area contributed by atoms with Gasteiger partial charge in [0.05, 0.1) is 36.0 Å². The number of nitro benzene ring substituents is 1. The van der Waals surface area contributed by atoms with E-state index in [0.717, 1.165) is 11.1 Å². The monoisotopic (exact) mass is 443 g/mol. The molecule has 1 heterocycles. The lowest BCUT2D eigenvalue weighted by molar-refractivity contribution is -0.384. The van der Waals surface area contributed by atoms with Crippen LogP contribution in [0.4, 0.5) is 5.69 Å². The molecule has 162 valence electrons. The number of aromatic nitrogens is 1. The van der Waals surface area contributed by atoms with Crippen LogP contribution < -0.4 is 14.3 Å². The molecule has 0 aliphatic carbocycles. The van der Waals surface area contributed by atoms with Gasteiger partial charge in [-0.05, 0) is 29.8 Å². The average Bonchev–Trinajstić information content (AvgIpc) is 3.11. The van der Waals surface area contributed by atoms with Gasteiger partial charge in [0.25, 0.3) is 11.6 Å². The van der Waals surface area contributed by atoms with E-state index in [2.05, 4.69) is 4.99 Å². The van der Waals surface area contributed by atoms with Crippen LogP contribution >= 0.6 is 11.3 Å². The molecule has 10 heteroatoms. The van der Waals surface area contributed by atoms with Crippen LogP contribution in [0.5, 0.6) is 11.5 Å². The number of amides is 1. The van der Waals surface area contributed by atoms with E-state index in [1.54, 1.807) is 44.6 Å². The maximum Gasteiger partial charge on any atom is 0.272 e. The van der Waals surface area contributed by atoms with E-state index in [0.29, 0.717) is 34.2 Å². The van der Waals surface area contributed by atoms with E-state index in [-0.39, 0.29) is 5.69 Å². The Morgan fingerprint density at radius 3 is 2.61 bits per heavy atom. The van der Waals surface area contributed by atoms with E-state index >= 15 is 0 Å². The van der Waals surface area contributed by atoms with E-state index in [4.69, 9.17) is 14.2 Å². The van der Waals surface area contributed by atoms with Crippen molar-refractivity contribution >= 4 is 39.2 Å². The molecule has 0 aliphatic heterocycles. The molecular weight excluding hydrogens is 422 g/mol. The van der Waals surface area contributed by atoms with Crippen LogP contribution in [0, 0.1) is 10.1 Å². The summed E-state index contributed by atoms with van der Waals surface area (Å²) in [4.78, 5) is 27.7. The number of methoxy groups -OCH3 is 3. The second-order valence-electron chi connectivity index (χ2n) is 6.34. The van der Waals surface area contributed by atoms with E-state index < -0.39 is 10.8 Å². The predicted octanol–water partition coefficient (Wildman–Crippen LogP) is 3.42. The molecule has 1 aromatic heterocycles. The Hall–Kier alpha value is -3.50. The first-order valence-corrected chi connectivity index (χ1v) is 10.0. The van der Waals surface area contributed by atoms with Gasteiger partial charge in [0, 0.05) is 31.9 Å². The minimum atomic E-state index is -0.456. The first kappa shape index (κ1) is 22.2. The van der Waals surface area contributed by atoms with Gasteiger partial charge in [0.1, 0.15) is 0 Å². The molecule has 9 nitrogen and oxygen atoms in total. The van der Waals surface area contributed by atoms with Gasteiger partial charge in [0.15, 0.2) is 16.3 Å². The van der Waals surface area contributed by atoms with E-state index in [1.165, 1.54) is 36.7 Å². The van der Waals surface area contributed by atoms with Crippen molar-refractivity contribution < 1.29 is 23.9 Å². The molecule has 3 aromatic rings. The normalized spacial score (nSPS) is 11.9. The number of nitrogens with zero attached hydrogens (tertiary/aromatic N) is 3. The number of carbonyl (C=O) groups excluding carboxylic acids is 1. The number of hydrogen-bond donors (Lipinski definition) is 0. The van der Waals surface area contributed by atoms with Crippen molar-refractivity contribution in [1.82, 2.24) is 4.57 Å². The van der Waals surface area contributed by atoms with Crippen LogP contribution in [0.25, 0.3) is 16.3 Å².